The minimum Gasteiger partial charge on any atom is -0.0991 e. The predicted octanol–water partition coefficient (Wildman–Crippen LogP) is 5.68. The van der Waals surface area contributed by atoms with Gasteiger partial charge in [-0.1, -0.05) is 60.8 Å². The lowest BCUT2D eigenvalue weighted by atomic mass is 9.88. The van der Waals surface area contributed by atoms with Gasteiger partial charge in [0, 0.05) is 0 Å². The summed E-state index contributed by atoms with van der Waals surface area (Å²) in [4.78, 5) is 0. The van der Waals surface area contributed by atoms with E-state index in [1.807, 2.05) is 6.08 Å². The van der Waals surface area contributed by atoms with Crippen LogP contribution in [0.25, 0.3) is 0 Å². The van der Waals surface area contributed by atoms with Crippen LogP contribution in [-0.4, -0.2) is 0 Å². The second kappa shape index (κ2) is 7.13. The smallest absolute Gasteiger partial charge is 0.0192 e. The van der Waals surface area contributed by atoms with Gasteiger partial charge in [0.15, 0.2) is 0 Å². The third kappa shape index (κ3) is 4.24. The Balaban J connectivity index is 1.85. The lowest BCUT2D eigenvalue weighted by molar-refractivity contribution is 0.590. The molecule has 0 heteroatoms. The van der Waals surface area contributed by atoms with Gasteiger partial charge in [-0.3, -0.25) is 0 Å². The number of allylic oxidation sites excluding steroid dienone is 11. The first-order valence-electron chi connectivity index (χ1n) is 7.33. The van der Waals surface area contributed by atoms with Crippen LogP contribution in [0, 0.1) is 5.92 Å². The molecule has 0 saturated heterocycles. The summed E-state index contributed by atoms with van der Waals surface area (Å²) in [7, 11) is 0. The number of hydrogen-bond acceptors (Lipinski definition) is 0. The van der Waals surface area contributed by atoms with Crippen molar-refractivity contribution in [1.82, 2.24) is 0 Å². The van der Waals surface area contributed by atoms with E-state index in [2.05, 4.69) is 56.0 Å². The molecule has 0 heterocycles. The van der Waals surface area contributed by atoms with E-state index in [9.17, 15) is 0 Å². The Morgan fingerprint density at radius 2 is 2.11 bits per heavy atom. The molecular weight excluding hydrogens is 228 g/mol. The third-order valence-corrected chi connectivity index (χ3v) is 3.83. The first-order valence-corrected chi connectivity index (χ1v) is 7.33. The van der Waals surface area contributed by atoms with Crippen LogP contribution >= 0.6 is 0 Å². The summed E-state index contributed by atoms with van der Waals surface area (Å²) < 4.78 is 0. The molecule has 100 valence electrons. The van der Waals surface area contributed by atoms with Gasteiger partial charge < -0.3 is 0 Å². The third-order valence-electron chi connectivity index (χ3n) is 3.83. The molecule has 0 aromatic rings. The molecule has 0 saturated carbocycles. The summed E-state index contributed by atoms with van der Waals surface area (Å²) in [6.45, 7) is 5.93. The van der Waals surface area contributed by atoms with E-state index in [1.54, 1.807) is 0 Å². The molecule has 0 aliphatic heterocycles. The van der Waals surface area contributed by atoms with Crippen molar-refractivity contribution >= 4 is 0 Å². The van der Waals surface area contributed by atoms with E-state index in [4.69, 9.17) is 0 Å². The first-order chi connectivity index (χ1) is 9.29. The molecule has 0 aromatic carbocycles. The summed E-state index contributed by atoms with van der Waals surface area (Å²) in [6.07, 6.45) is 24.0. The largest absolute Gasteiger partial charge is 0.0991 e. The Morgan fingerprint density at radius 3 is 2.74 bits per heavy atom. The van der Waals surface area contributed by atoms with Crippen molar-refractivity contribution in [3.63, 3.8) is 0 Å². The monoisotopic (exact) mass is 252 g/mol. The molecule has 0 radical (unpaired) electrons. The zero-order chi connectivity index (χ0) is 13.5. The number of rotatable bonds is 5. The topological polar surface area (TPSA) is 0 Å². The summed E-state index contributed by atoms with van der Waals surface area (Å²) in [5.41, 5.74) is 4.24. The second-order valence-electron chi connectivity index (χ2n) is 5.44. The van der Waals surface area contributed by atoms with Crippen molar-refractivity contribution in [2.75, 3.05) is 0 Å². The molecule has 0 amide bonds. The maximum atomic E-state index is 3.74. The fourth-order valence-electron chi connectivity index (χ4n) is 2.62. The molecule has 0 bridgehead atoms. The molecular formula is C19H24. The van der Waals surface area contributed by atoms with Crippen LogP contribution in [0.5, 0.6) is 0 Å². The Hall–Kier alpha value is -1.56. The van der Waals surface area contributed by atoms with E-state index in [-0.39, 0.29) is 0 Å². The highest BCUT2D eigenvalue weighted by Crippen LogP contribution is 2.27. The van der Waals surface area contributed by atoms with Gasteiger partial charge in [0.2, 0.25) is 0 Å². The molecule has 2 aliphatic carbocycles. The molecule has 0 fully saturated rings. The quantitative estimate of drug-likeness (QED) is 0.552. The Kier molecular flexibility index (Phi) is 5.20. The zero-order valence-electron chi connectivity index (χ0n) is 11.9. The lowest BCUT2D eigenvalue weighted by Crippen LogP contribution is -2.01. The zero-order valence-corrected chi connectivity index (χ0v) is 11.9. The van der Waals surface area contributed by atoms with Crippen LogP contribution in [0.1, 0.15) is 39.0 Å². The molecule has 2 aliphatic rings. The summed E-state index contributed by atoms with van der Waals surface area (Å²) in [5.74, 6) is 0.699. The maximum absolute atomic E-state index is 3.74. The lowest BCUT2D eigenvalue weighted by Gasteiger charge is -2.18. The van der Waals surface area contributed by atoms with Crippen molar-refractivity contribution in [1.29, 1.82) is 0 Å². The summed E-state index contributed by atoms with van der Waals surface area (Å²) in [6, 6.07) is 0. The minimum atomic E-state index is 0.699. The second-order valence-corrected chi connectivity index (χ2v) is 5.44. The Labute approximate surface area is 117 Å². The minimum absolute atomic E-state index is 0.699. The Bertz CT molecular complexity index is 466. The average molecular weight is 252 g/mol. The van der Waals surface area contributed by atoms with Gasteiger partial charge in [0.05, 0.1) is 0 Å². The fraction of sp³-hybridized carbons (Fsp3) is 0.368. The van der Waals surface area contributed by atoms with Gasteiger partial charge >= 0.3 is 0 Å². The molecule has 0 N–H and O–H groups in total. The predicted molar refractivity (Wildman–Crippen MR) is 85.0 cm³/mol. The van der Waals surface area contributed by atoms with Gasteiger partial charge in [-0.05, 0) is 56.1 Å². The normalized spacial score (nSPS) is 23.0. The van der Waals surface area contributed by atoms with Crippen LogP contribution in [-0.2, 0) is 0 Å². The van der Waals surface area contributed by atoms with Gasteiger partial charge in [0.1, 0.15) is 0 Å². The molecule has 0 spiro atoms. The van der Waals surface area contributed by atoms with Crippen LogP contribution in [0.2, 0.25) is 0 Å². The van der Waals surface area contributed by atoms with E-state index in [1.165, 1.54) is 48.8 Å². The van der Waals surface area contributed by atoms with Gasteiger partial charge in [0.25, 0.3) is 0 Å². The van der Waals surface area contributed by atoms with Crippen molar-refractivity contribution < 1.29 is 0 Å². The van der Waals surface area contributed by atoms with Crippen molar-refractivity contribution in [3.05, 3.63) is 71.9 Å². The Morgan fingerprint density at radius 1 is 1.26 bits per heavy atom. The molecule has 1 atom stereocenters. The highest BCUT2D eigenvalue weighted by Gasteiger charge is 2.11. The van der Waals surface area contributed by atoms with Crippen molar-refractivity contribution in [3.8, 4) is 0 Å². The van der Waals surface area contributed by atoms with E-state index in [0.29, 0.717) is 5.92 Å². The van der Waals surface area contributed by atoms with Crippen LogP contribution in [0.3, 0.4) is 0 Å². The standard InChI is InChI=1S/C19H24/c1-3-7-16(2)10-11-17-12-14-19(15-13-17)18-8-5-4-6-9-18/h3,5,7-9,12,14-15,17H,1,4,6,10-11,13H2,2H3/b16-7+. The summed E-state index contributed by atoms with van der Waals surface area (Å²) >= 11 is 0. The fourth-order valence-corrected chi connectivity index (χ4v) is 2.62. The van der Waals surface area contributed by atoms with E-state index >= 15 is 0 Å². The average Bonchev–Trinajstić information content (AvgIpc) is 2.47. The molecule has 0 nitrogen and oxygen atoms in total. The van der Waals surface area contributed by atoms with Crippen LogP contribution in [0.4, 0.5) is 0 Å². The number of hydrogen-bond donors (Lipinski definition) is 0. The molecule has 1 unspecified atom stereocenters. The van der Waals surface area contributed by atoms with E-state index < -0.39 is 0 Å². The highest BCUT2D eigenvalue weighted by atomic mass is 14.2. The SMILES string of the molecule is C=C/C=C(\C)CCC1C=CC(C2=CCCC=C2)=CC1. The van der Waals surface area contributed by atoms with Crippen molar-refractivity contribution in [2.24, 2.45) is 5.92 Å². The molecule has 19 heavy (non-hydrogen) atoms. The van der Waals surface area contributed by atoms with Gasteiger partial charge in [-0.25, -0.2) is 0 Å². The van der Waals surface area contributed by atoms with E-state index in [0.717, 1.165) is 0 Å². The van der Waals surface area contributed by atoms with Crippen LogP contribution in [0.15, 0.2) is 71.9 Å². The maximum Gasteiger partial charge on any atom is -0.0192 e. The van der Waals surface area contributed by atoms with Gasteiger partial charge in [-0.15, -0.1) is 0 Å². The first kappa shape index (κ1) is 13.9. The van der Waals surface area contributed by atoms with Gasteiger partial charge in [-0.2, -0.15) is 0 Å². The molecule has 0 aromatic heterocycles. The highest BCUT2D eigenvalue weighted by molar-refractivity contribution is 5.48. The van der Waals surface area contributed by atoms with Crippen LogP contribution < -0.4 is 0 Å². The van der Waals surface area contributed by atoms with Crippen molar-refractivity contribution in [2.45, 2.75) is 39.0 Å². The molecule has 2 rings (SSSR count). The summed E-state index contributed by atoms with van der Waals surface area (Å²) in [5, 5.41) is 0.